The van der Waals surface area contributed by atoms with Gasteiger partial charge in [0.2, 0.25) is 11.8 Å². The van der Waals surface area contributed by atoms with Gasteiger partial charge in [0.15, 0.2) is 0 Å². The predicted octanol–water partition coefficient (Wildman–Crippen LogP) is 1.53. The van der Waals surface area contributed by atoms with E-state index in [0.29, 0.717) is 37.8 Å². The van der Waals surface area contributed by atoms with E-state index in [1.165, 1.54) is 4.57 Å². The van der Waals surface area contributed by atoms with Crippen molar-refractivity contribution in [2.75, 3.05) is 19.7 Å². The van der Waals surface area contributed by atoms with Gasteiger partial charge in [-0.15, -0.1) is 0 Å². The van der Waals surface area contributed by atoms with E-state index < -0.39 is 18.1 Å². The molecule has 3 atom stereocenters. The average Bonchev–Trinajstić information content (AvgIpc) is 2.99. The minimum absolute atomic E-state index is 0.222. The molecule has 5 rings (SSSR count). The number of rotatable bonds is 5. The zero-order valence-electron chi connectivity index (χ0n) is 18.2. The zero-order valence-corrected chi connectivity index (χ0v) is 18.2. The number of carbonyl (C=O) groups excluding carboxylic acids is 2. The van der Waals surface area contributed by atoms with Gasteiger partial charge in [0.25, 0.3) is 0 Å². The van der Waals surface area contributed by atoms with E-state index in [1.807, 2.05) is 18.2 Å². The molecule has 8 nitrogen and oxygen atoms in total. The van der Waals surface area contributed by atoms with Crippen molar-refractivity contribution >= 4 is 22.8 Å². The highest BCUT2D eigenvalue weighted by molar-refractivity contribution is 6.00. The van der Waals surface area contributed by atoms with E-state index in [9.17, 15) is 18.8 Å². The van der Waals surface area contributed by atoms with Gasteiger partial charge in [0.05, 0.1) is 17.1 Å². The number of amides is 2. The van der Waals surface area contributed by atoms with E-state index in [1.54, 1.807) is 11.6 Å². The summed E-state index contributed by atoms with van der Waals surface area (Å²) in [5.41, 5.74) is 2.41. The minimum Gasteiger partial charge on any atom is -0.375 e. The van der Waals surface area contributed by atoms with E-state index in [-0.39, 0.29) is 24.1 Å². The van der Waals surface area contributed by atoms with Crippen LogP contribution in [0.15, 0.2) is 23.0 Å². The first-order valence-corrected chi connectivity index (χ1v) is 11.4. The molecule has 9 heteroatoms. The molecule has 1 aromatic heterocycles. The summed E-state index contributed by atoms with van der Waals surface area (Å²) in [5, 5.41) is 5.39. The highest BCUT2D eigenvalue weighted by Crippen LogP contribution is 2.44. The van der Waals surface area contributed by atoms with Crippen LogP contribution in [0, 0.1) is 5.92 Å². The summed E-state index contributed by atoms with van der Waals surface area (Å²) >= 11 is 0. The van der Waals surface area contributed by atoms with Crippen LogP contribution in [-0.4, -0.2) is 52.9 Å². The van der Waals surface area contributed by atoms with E-state index in [0.717, 1.165) is 36.0 Å². The van der Waals surface area contributed by atoms with Crippen molar-refractivity contribution < 1.29 is 18.7 Å². The number of aryl methyl sites for hydroxylation is 1. The maximum absolute atomic E-state index is 14.0. The average molecular weight is 445 g/mol. The van der Waals surface area contributed by atoms with Crippen molar-refractivity contribution in [1.82, 2.24) is 19.8 Å². The summed E-state index contributed by atoms with van der Waals surface area (Å²) in [4.78, 5) is 37.0. The molecular weight excluding hydrogens is 415 g/mol. The SMILES string of the molecule is Cn1c(=O)n(C2CCC(=O)NC2=O)c2cccc(C3CC(CO[C@@H]4CCNC[C@@H]4F)C3)c21. The molecular formula is C23H29FN4O4. The molecule has 1 aromatic carbocycles. The van der Waals surface area contributed by atoms with E-state index in [4.69, 9.17) is 4.74 Å². The molecule has 32 heavy (non-hydrogen) atoms. The monoisotopic (exact) mass is 444 g/mol. The molecule has 2 amide bonds. The molecule has 3 aliphatic rings. The second-order valence-electron chi connectivity index (χ2n) is 9.31. The Hall–Kier alpha value is -2.52. The van der Waals surface area contributed by atoms with Gasteiger partial charge >= 0.3 is 5.69 Å². The Balaban J connectivity index is 1.33. The van der Waals surface area contributed by atoms with Crippen LogP contribution in [-0.2, 0) is 21.4 Å². The van der Waals surface area contributed by atoms with Crippen molar-refractivity contribution in [3.8, 4) is 0 Å². The van der Waals surface area contributed by atoms with E-state index >= 15 is 0 Å². The predicted molar refractivity (Wildman–Crippen MR) is 116 cm³/mol. The number of halogens is 1. The minimum atomic E-state index is -0.949. The zero-order chi connectivity index (χ0) is 22.4. The quantitative estimate of drug-likeness (QED) is 0.682. The molecule has 0 radical (unpaired) electrons. The number of carbonyl (C=O) groups is 2. The maximum atomic E-state index is 14.0. The molecule has 2 N–H and O–H groups in total. The maximum Gasteiger partial charge on any atom is 0.329 e. The highest BCUT2D eigenvalue weighted by Gasteiger charge is 2.36. The van der Waals surface area contributed by atoms with Gasteiger partial charge < -0.3 is 10.1 Å². The Kier molecular flexibility index (Phi) is 5.63. The summed E-state index contributed by atoms with van der Waals surface area (Å²) in [6.45, 7) is 1.71. The number of imidazole rings is 1. The van der Waals surface area contributed by atoms with Crippen LogP contribution in [0.4, 0.5) is 4.39 Å². The first-order chi connectivity index (χ1) is 15.4. The molecule has 0 bridgehead atoms. The fourth-order valence-electron chi connectivity index (χ4n) is 5.40. The number of imide groups is 1. The van der Waals surface area contributed by atoms with Crippen LogP contribution in [0.3, 0.4) is 0 Å². The van der Waals surface area contributed by atoms with Crippen molar-refractivity contribution in [3.05, 3.63) is 34.2 Å². The van der Waals surface area contributed by atoms with Crippen LogP contribution in [0.1, 0.15) is 49.6 Å². The van der Waals surface area contributed by atoms with Crippen molar-refractivity contribution in [2.24, 2.45) is 13.0 Å². The van der Waals surface area contributed by atoms with E-state index in [2.05, 4.69) is 10.6 Å². The lowest BCUT2D eigenvalue weighted by molar-refractivity contribution is -0.135. The Morgan fingerprint density at radius 1 is 1.19 bits per heavy atom. The van der Waals surface area contributed by atoms with Crippen molar-refractivity contribution in [2.45, 2.75) is 56.3 Å². The molecule has 1 aliphatic carbocycles. The number of para-hydroxylation sites is 1. The van der Waals surface area contributed by atoms with Crippen LogP contribution in [0.2, 0.25) is 0 Å². The van der Waals surface area contributed by atoms with Crippen LogP contribution >= 0.6 is 0 Å². The van der Waals surface area contributed by atoms with Crippen LogP contribution < -0.4 is 16.3 Å². The third-order valence-corrected chi connectivity index (χ3v) is 7.23. The van der Waals surface area contributed by atoms with Gasteiger partial charge in [0, 0.05) is 26.6 Å². The van der Waals surface area contributed by atoms with Gasteiger partial charge in [-0.3, -0.25) is 24.0 Å². The first-order valence-electron chi connectivity index (χ1n) is 11.4. The summed E-state index contributed by atoms with van der Waals surface area (Å²) in [6, 6.07) is 5.15. The van der Waals surface area contributed by atoms with Crippen LogP contribution in [0.25, 0.3) is 11.0 Å². The number of aromatic nitrogens is 2. The second-order valence-corrected chi connectivity index (χ2v) is 9.31. The molecule has 3 heterocycles. The standard InChI is InChI=1S/C23H29FN4O4/c1-27-21-15(14-9-13(10-14)12-32-19-7-8-25-11-16(19)24)3-2-4-17(21)28(23(27)31)18-5-6-20(29)26-22(18)30/h2-4,13-14,16,18-19,25H,5-12H2,1H3,(H,26,29,30)/t13?,14?,16-,18?,19+/m0/s1. The number of piperidine rings is 2. The topological polar surface area (TPSA) is 94.4 Å². The molecule has 1 saturated carbocycles. The van der Waals surface area contributed by atoms with Gasteiger partial charge in [-0.2, -0.15) is 0 Å². The fourth-order valence-corrected chi connectivity index (χ4v) is 5.40. The summed E-state index contributed by atoms with van der Waals surface area (Å²) in [6.07, 6.45) is 1.84. The van der Waals surface area contributed by atoms with Crippen molar-refractivity contribution in [1.29, 1.82) is 0 Å². The normalized spacial score (nSPS) is 30.9. The Bertz CT molecular complexity index is 1100. The fraction of sp³-hybridized carbons (Fsp3) is 0.609. The molecule has 2 aromatic rings. The Morgan fingerprint density at radius 2 is 2.00 bits per heavy atom. The number of fused-ring (bicyclic) bond motifs is 1. The molecule has 1 unspecified atom stereocenters. The summed E-state index contributed by atoms with van der Waals surface area (Å²) in [5.74, 6) is -0.0472. The number of benzene rings is 1. The highest BCUT2D eigenvalue weighted by atomic mass is 19.1. The Labute approximate surface area is 185 Å². The lowest BCUT2D eigenvalue weighted by Gasteiger charge is -2.37. The molecule has 0 spiro atoms. The third-order valence-electron chi connectivity index (χ3n) is 7.23. The summed E-state index contributed by atoms with van der Waals surface area (Å²) in [7, 11) is 1.73. The number of nitrogens with one attached hydrogen (secondary N) is 2. The molecule has 172 valence electrons. The number of nitrogens with zero attached hydrogens (tertiary/aromatic N) is 2. The van der Waals surface area contributed by atoms with Gasteiger partial charge in [0.1, 0.15) is 12.2 Å². The molecule has 2 saturated heterocycles. The largest absolute Gasteiger partial charge is 0.375 e. The lowest BCUT2D eigenvalue weighted by Crippen LogP contribution is -2.44. The Morgan fingerprint density at radius 3 is 2.75 bits per heavy atom. The number of alkyl halides is 1. The third kappa shape index (κ3) is 3.67. The summed E-state index contributed by atoms with van der Waals surface area (Å²) < 4.78 is 23.0. The first kappa shape index (κ1) is 21.3. The number of hydrogen-bond donors (Lipinski definition) is 2. The number of hydrogen-bond acceptors (Lipinski definition) is 5. The second kappa shape index (κ2) is 8.44. The van der Waals surface area contributed by atoms with Gasteiger partial charge in [-0.25, -0.2) is 9.18 Å². The van der Waals surface area contributed by atoms with Gasteiger partial charge in [-0.05, 0) is 55.7 Å². The lowest BCUT2D eigenvalue weighted by atomic mass is 9.71. The molecule has 2 aliphatic heterocycles. The smallest absolute Gasteiger partial charge is 0.329 e. The van der Waals surface area contributed by atoms with Crippen LogP contribution in [0.5, 0.6) is 0 Å². The number of ether oxygens (including phenoxy) is 1. The van der Waals surface area contributed by atoms with Crippen molar-refractivity contribution in [3.63, 3.8) is 0 Å². The van der Waals surface area contributed by atoms with Gasteiger partial charge in [-0.1, -0.05) is 12.1 Å². The molecule has 3 fully saturated rings.